The number of fused-ring (bicyclic) bond motifs is 3. The van der Waals surface area contributed by atoms with Gasteiger partial charge in [0.05, 0.1) is 16.4 Å². The van der Waals surface area contributed by atoms with Gasteiger partial charge < -0.3 is 9.47 Å². The molecule has 0 N–H and O–H groups in total. The summed E-state index contributed by atoms with van der Waals surface area (Å²) in [6.07, 6.45) is 7.01. The van der Waals surface area contributed by atoms with E-state index in [2.05, 4.69) is 126 Å². The molecule has 180 valence electrons. The summed E-state index contributed by atoms with van der Waals surface area (Å²) in [6, 6.07) is 26.2. The standard InChI is InChI=1S/C31H30N3S2/c1-4-32-24(19-20-30-33(5-2)25-15-9-11-17-28(25)35-30)22-13-7-8-14-23(22)27(32)21-31-34(6-3)26-16-10-12-18-29(26)36-31/h7-21H,4-6H2,1-3H3/q+1. The SMILES string of the molecule is CCN1C(=Cc2c3ccccc3c(C=Cc3sc4ccccc4[n+]3CC)n2CC)Sc2ccccc21. The molecule has 1 aliphatic heterocycles. The highest BCUT2D eigenvalue weighted by Crippen LogP contribution is 2.47. The Morgan fingerprint density at radius 1 is 0.778 bits per heavy atom. The highest BCUT2D eigenvalue weighted by atomic mass is 32.2. The molecule has 2 aromatic heterocycles. The van der Waals surface area contributed by atoms with Gasteiger partial charge in [-0.3, -0.25) is 0 Å². The molecule has 3 aromatic carbocycles. The van der Waals surface area contributed by atoms with Gasteiger partial charge in [-0.1, -0.05) is 71.6 Å². The normalized spacial score (nSPS) is 14.6. The van der Waals surface area contributed by atoms with Crippen molar-refractivity contribution in [3.63, 3.8) is 0 Å². The van der Waals surface area contributed by atoms with E-state index in [1.807, 2.05) is 23.1 Å². The number of thioether (sulfide) groups is 1. The Bertz CT molecular complexity index is 1640. The largest absolute Gasteiger partial charge is 0.341 e. The lowest BCUT2D eigenvalue weighted by atomic mass is 10.1. The van der Waals surface area contributed by atoms with Crippen molar-refractivity contribution in [2.45, 2.75) is 38.8 Å². The predicted molar refractivity (Wildman–Crippen MR) is 158 cm³/mol. The Labute approximate surface area is 221 Å². The van der Waals surface area contributed by atoms with Crippen LogP contribution < -0.4 is 9.47 Å². The van der Waals surface area contributed by atoms with Gasteiger partial charge in [-0.2, -0.15) is 4.57 Å². The van der Waals surface area contributed by atoms with E-state index < -0.39 is 0 Å². The summed E-state index contributed by atoms with van der Waals surface area (Å²) < 4.78 is 6.21. The minimum absolute atomic E-state index is 0.914. The molecule has 3 nitrogen and oxygen atoms in total. The van der Waals surface area contributed by atoms with E-state index in [0.717, 1.165) is 19.6 Å². The summed E-state index contributed by atoms with van der Waals surface area (Å²) >= 11 is 3.73. The first kappa shape index (κ1) is 23.1. The Morgan fingerprint density at radius 2 is 1.50 bits per heavy atom. The third-order valence-electron chi connectivity index (χ3n) is 6.93. The average Bonchev–Trinajstić information content (AvgIpc) is 3.56. The second-order valence-electron chi connectivity index (χ2n) is 8.84. The van der Waals surface area contributed by atoms with Crippen LogP contribution in [0.3, 0.4) is 0 Å². The van der Waals surface area contributed by atoms with Crippen LogP contribution in [0.4, 0.5) is 5.69 Å². The highest BCUT2D eigenvalue weighted by molar-refractivity contribution is 8.03. The third kappa shape index (κ3) is 3.78. The first-order chi connectivity index (χ1) is 17.7. The summed E-state index contributed by atoms with van der Waals surface area (Å²) in [5, 5.41) is 5.18. The lowest BCUT2D eigenvalue weighted by Crippen LogP contribution is -2.33. The van der Waals surface area contributed by atoms with Crippen LogP contribution in [0, 0.1) is 0 Å². The molecule has 3 heterocycles. The fourth-order valence-corrected chi connectivity index (χ4v) is 7.57. The van der Waals surface area contributed by atoms with Gasteiger partial charge in [-0.15, -0.1) is 0 Å². The van der Waals surface area contributed by atoms with E-state index >= 15 is 0 Å². The molecule has 6 rings (SSSR count). The zero-order chi connectivity index (χ0) is 24.6. The second kappa shape index (κ2) is 9.64. The van der Waals surface area contributed by atoms with Crippen molar-refractivity contribution in [3.05, 3.63) is 94.2 Å². The Hall–Kier alpha value is -3.28. The smallest absolute Gasteiger partial charge is 0.262 e. The minimum atomic E-state index is 0.914. The van der Waals surface area contributed by atoms with E-state index in [9.17, 15) is 0 Å². The monoisotopic (exact) mass is 508 g/mol. The number of aryl methyl sites for hydroxylation is 1. The highest BCUT2D eigenvalue weighted by Gasteiger charge is 2.25. The van der Waals surface area contributed by atoms with Crippen LogP contribution in [0.2, 0.25) is 0 Å². The summed E-state index contributed by atoms with van der Waals surface area (Å²) in [4.78, 5) is 3.76. The van der Waals surface area contributed by atoms with Crippen molar-refractivity contribution in [1.82, 2.24) is 4.57 Å². The third-order valence-corrected chi connectivity index (χ3v) is 9.17. The van der Waals surface area contributed by atoms with Gasteiger partial charge in [0.1, 0.15) is 11.2 Å². The number of aromatic nitrogens is 2. The van der Waals surface area contributed by atoms with E-state index in [0.29, 0.717) is 0 Å². The quantitative estimate of drug-likeness (QED) is 0.214. The molecule has 0 amide bonds. The molecule has 0 unspecified atom stereocenters. The van der Waals surface area contributed by atoms with Crippen LogP contribution in [0.1, 0.15) is 37.2 Å². The zero-order valence-corrected chi connectivity index (χ0v) is 22.6. The maximum atomic E-state index is 2.47. The topological polar surface area (TPSA) is 12.1 Å². The molecule has 0 fully saturated rings. The molecule has 0 atom stereocenters. The van der Waals surface area contributed by atoms with Gasteiger partial charge in [0.2, 0.25) is 5.52 Å². The number of hydrogen-bond acceptors (Lipinski definition) is 3. The molecule has 36 heavy (non-hydrogen) atoms. The molecule has 0 aliphatic carbocycles. The van der Waals surface area contributed by atoms with Crippen LogP contribution in [0.25, 0.3) is 39.2 Å². The molecule has 0 saturated heterocycles. The van der Waals surface area contributed by atoms with Crippen molar-refractivity contribution in [2.24, 2.45) is 0 Å². The molecular weight excluding hydrogens is 478 g/mol. The number of hydrogen-bond donors (Lipinski definition) is 0. The van der Waals surface area contributed by atoms with Gasteiger partial charge >= 0.3 is 0 Å². The molecule has 0 bridgehead atoms. The second-order valence-corrected chi connectivity index (χ2v) is 11.0. The molecule has 5 heteroatoms. The van der Waals surface area contributed by atoms with E-state index in [1.165, 1.54) is 53.0 Å². The van der Waals surface area contributed by atoms with Crippen LogP contribution >= 0.6 is 23.1 Å². The van der Waals surface area contributed by atoms with Crippen LogP contribution in [-0.2, 0) is 13.1 Å². The van der Waals surface area contributed by atoms with Crippen molar-refractivity contribution in [2.75, 3.05) is 11.4 Å². The maximum Gasteiger partial charge on any atom is 0.262 e. The van der Waals surface area contributed by atoms with E-state index in [1.54, 1.807) is 0 Å². The van der Waals surface area contributed by atoms with Crippen LogP contribution in [-0.4, -0.2) is 11.1 Å². The lowest BCUT2D eigenvalue weighted by Gasteiger charge is -2.18. The Morgan fingerprint density at radius 3 is 2.28 bits per heavy atom. The van der Waals surface area contributed by atoms with Crippen LogP contribution in [0.5, 0.6) is 0 Å². The summed E-state index contributed by atoms with van der Waals surface area (Å²) in [5.74, 6) is 0. The number of benzene rings is 3. The molecular formula is C31H30N3S2+. The van der Waals surface area contributed by atoms with Gasteiger partial charge in [-0.25, -0.2) is 0 Å². The summed E-state index contributed by atoms with van der Waals surface area (Å²) in [6.45, 7) is 9.53. The maximum absolute atomic E-state index is 2.47. The van der Waals surface area contributed by atoms with Crippen LogP contribution in [0.15, 0.2) is 82.7 Å². The average molecular weight is 509 g/mol. The van der Waals surface area contributed by atoms with Crippen molar-refractivity contribution < 1.29 is 4.57 Å². The van der Waals surface area contributed by atoms with Gasteiger partial charge in [0.15, 0.2) is 0 Å². The fraction of sp³-hybridized carbons (Fsp3) is 0.194. The summed E-state index contributed by atoms with van der Waals surface area (Å²) in [7, 11) is 0. The van der Waals surface area contributed by atoms with Crippen molar-refractivity contribution >= 4 is 68.0 Å². The predicted octanol–water partition coefficient (Wildman–Crippen LogP) is 8.28. The van der Waals surface area contributed by atoms with Crippen molar-refractivity contribution in [3.8, 4) is 0 Å². The Kier molecular flexibility index (Phi) is 6.20. The number of rotatable bonds is 6. The molecule has 0 saturated carbocycles. The van der Waals surface area contributed by atoms with Gasteiger partial charge in [0, 0.05) is 46.6 Å². The van der Waals surface area contributed by atoms with Crippen molar-refractivity contribution in [1.29, 1.82) is 0 Å². The first-order valence-corrected chi connectivity index (χ1v) is 14.3. The van der Waals surface area contributed by atoms with Gasteiger partial charge in [0.25, 0.3) is 5.01 Å². The molecule has 0 radical (unpaired) electrons. The Balaban J connectivity index is 1.49. The molecule has 1 aliphatic rings. The molecule has 5 aromatic rings. The summed E-state index contributed by atoms with van der Waals surface area (Å²) in [5.41, 5.74) is 5.16. The van der Waals surface area contributed by atoms with E-state index in [-0.39, 0.29) is 0 Å². The fourth-order valence-electron chi connectivity index (χ4n) is 5.28. The van der Waals surface area contributed by atoms with E-state index in [4.69, 9.17) is 0 Å². The number of para-hydroxylation sites is 2. The first-order valence-electron chi connectivity index (χ1n) is 12.7. The number of thiazole rings is 1. The number of anilines is 1. The minimum Gasteiger partial charge on any atom is -0.341 e. The van der Waals surface area contributed by atoms with Gasteiger partial charge in [-0.05, 0) is 51.1 Å². The zero-order valence-electron chi connectivity index (χ0n) is 20.9. The molecule has 0 spiro atoms. The lowest BCUT2D eigenvalue weighted by molar-refractivity contribution is -0.665. The number of nitrogens with zero attached hydrogens (tertiary/aromatic N) is 3.